The van der Waals surface area contributed by atoms with Crippen molar-refractivity contribution in [2.24, 2.45) is 5.41 Å². The van der Waals surface area contributed by atoms with Crippen LogP contribution in [0.5, 0.6) is 0 Å². The van der Waals surface area contributed by atoms with Gasteiger partial charge in [-0.3, -0.25) is 19.3 Å². The Morgan fingerprint density at radius 1 is 1.04 bits per heavy atom. The van der Waals surface area contributed by atoms with Gasteiger partial charge in [0.15, 0.2) is 0 Å². The minimum atomic E-state index is -4.70. The Morgan fingerprint density at radius 3 is 2.36 bits per heavy atom. The average Bonchev–Trinajstić information content (AvgIpc) is 3.79. The number of halogens is 4. The largest absolute Gasteiger partial charge is 0.416 e. The van der Waals surface area contributed by atoms with E-state index in [2.05, 4.69) is 16.7 Å². The zero-order valence-electron chi connectivity index (χ0n) is 25.0. The first kappa shape index (κ1) is 31.5. The molecule has 2 heterocycles. The molecule has 1 saturated carbocycles. The number of carbonyl (C=O) groups is 3. The van der Waals surface area contributed by atoms with Crippen LogP contribution in [0.15, 0.2) is 78.9 Å². The monoisotopic (exact) mass is 644 g/mol. The first-order chi connectivity index (χ1) is 22.5. The van der Waals surface area contributed by atoms with Crippen molar-refractivity contribution in [3.05, 3.63) is 113 Å². The molecule has 6 rings (SSSR count). The fraction of sp³-hybridized carbons (Fsp3) is 0.265. The Bertz CT molecular complexity index is 1900. The van der Waals surface area contributed by atoms with Crippen molar-refractivity contribution in [3.63, 3.8) is 0 Å². The van der Waals surface area contributed by atoms with E-state index >= 15 is 0 Å². The highest BCUT2D eigenvalue weighted by molar-refractivity contribution is 6.05. The number of nitriles is 1. The highest BCUT2D eigenvalue weighted by atomic mass is 19.4. The van der Waals surface area contributed by atoms with Crippen molar-refractivity contribution >= 4 is 23.5 Å². The Labute approximate surface area is 266 Å². The molecule has 9 nitrogen and oxygen atoms in total. The molecule has 1 aromatic heterocycles. The van der Waals surface area contributed by atoms with Crippen molar-refractivity contribution in [1.29, 1.82) is 5.26 Å². The van der Waals surface area contributed by atoms with Crippen molar-refractivity contribution in [3.8, 4) is 11.8 Å². The van der Waals surface area contributed by atoms with Gasteiger partial charge >= 0.3 is 6.18 Å². The lowest BCUT2D eigenvalue weighted by Crippen LogP contribution is -2.55. The molecular formula is C34H28F4N6O3. The van der Waals surface area contributed by atoms with Crippen LogP contribution >= 0.6 is 0 Å². The van der Waals surface area contributed by atoms with Crippen LogP contribution in [-0.2, 0) is 22.3 Å². The van der Waals surface area contributed by atoms with Crippen LogP contribution in [0.1, 0.15) is 58.4 Å². The van der Waals surface area contributed by atoms with Crippen LogP contribution in [0.4, 0.5) is 23.4 Å². The lowest BCUT2D eigenvalue weighted by Gasteiger charge is -2.38. The number of carbonyl (C=O) groups excluding carboxylic acids is 3. The Morgan fingerprint density at radius 2 is 1.74 bits per heavy atom. The summed E-state index contributed by atoms with van der Waals surface area (Å²) in [6, 6.07) is 18.8. The number of nitrogens with one attached hydrogen (secondary N) is 2. The van der Waals surface area contributed by atoms with E-state index in [4.69, 9.17) is 5.10 Å². The molecule has 0 spiro atoms. The summed E-state index contributed by atoms with van der Waals surface area (Å²) in [5.41, 5.74) is -0.679. The number of para-hydroxylation sites is 1. The van der Waals surface area contributed by atoms with Gasteiger partial charge in [-0.2, -0.15) is 23.5 Å². The van der Waals surface area contributed by atoms with Crippen LogP contribution in [0.3, 0.4) is 0 Å². The molecule has 1 aliphatic heterocycles. The van der Waals surface area contributed by atoms with Crippen LogP contribution in [0.2, 0.25) is 0 Å². The van der Waals surface area contributed by atoms with Crippen molar-refractivity contribution in [1.82, 2.24) is 20.4 Å². The summed E-state index contributed by atoms with van der Waals surface area (Å²) in [4.78, 5) is 42.2. The van der Waals surface area contributed by atoms with Crippen molar-refractivity contribution in [2.75, 3.05) is 11.4 Å². The molecule has 3 aromatic carbocycles. The number of nitrogens with zero attached hydrogens (tertiary/aromatic N) is 4. The van der Waals surface area contributed by atoms with E-state index < -0.39 is 52.7 Å². The van der Waals surface area contributed by atoms with Crippen LogP contribution in [0.25, 0.3) is 5.69 Å². The minimum Gasteiger partial charge on any atom is -0.349 e. The molecule has 47 heavy (non-hydrogen) atoms. The Balaban J connectivity index is 1.50. The fourth-order valence-corrected chi connectivity index (χ4v) is 5.89. The number of likely N-dealkylation sites (N-methyl/N-ethyl adjacent to an activating group) is 1. The number of aromatic nitrogens is 2. The van der Waals surface area contributed by atoms with Gasteiger partial charge in [0.05, 0.1) is 29.6 Å². The summed E-state index contributed by atoms with van der Waals surface area (Å²) in [6.07, 6.45) is -3.85. The summed E-state index contributed by atoms with van der Waals surface area (Å²) in [5, 5.41) is 19.8. The third-order valence-corrected chi connectivity index (χ3v) is 8.51. The predicted molar refractivity (Wildman–Crippen MR) is 162 cm³/mol. The lowest BCUT2D eigenvalue weighted by molar-refractivity contribution is -0.137. The van der Waals surface area contributed by atoms with Gasteiger partial charge < -0.3 is 10.6 Å². The molecule has 0 unspecified atom stereocenters. The number of benzene rings is 3. The molecular weight excluding hydrogens is 616 g/mol. The molecule has 2 N–H and O–H groups in total. The lowest BCUT2D eigenvalue weighted by atomic mass is 9.80. The van der Waals surface area contributed by atoms with Gasteiger partial charge in [-0.25, -0.2) is 9.07 Å². The summed E-state index contributed by atoms with van der Waals surface area (Å²) < 4.78 is 56.1. The molecule has 0 radical (unpaired) electrons. The first-order valence-corrected chi connectivity index (χ1v) is 14.9. The molecule has 13 heteroatoms. The van der Waals surface area contributed by atoms with Crippen molar-refractivity contribution < 1.29 is 31.9 Å². The van der Waals surface area contributed by atoms with E-state index in [9.17, 15) is 37.2 Å². The molecule has 4 aromatic rings. The zero-order chi connectivity index (χ0) is 33.5. The van der Waals surface area contributed by atoms with E-state index in [-0.39, 0.29) is 18.7 Å². The average molecular weight is 645 g/mol. The normalized spacial score (nSPS) is 18.2. The van der Waals surface area contributed by atoms with E-state index in [0.717, 1.165) is 12.1 Å². The minimum absolute atomic E-state index is 0.125. The number of alkyl halides is 3. The summed E-state index contributed by atoms with van der Waals surface area (Å²) in [7, 11) is 0. The summed E-state index contributed by atoms with van der Waals surface area (Å²) >= 11 is 0. The molecule has 1 aliphatic carbocycles. The number of hydrogen-bond acceptors (Lipinski definition) is 5. The Hall–Kier alpha value is -5.51. The second-order valence-corrected chi connectivity index (χ2v) is 11.4. The third-order valence-electron chi connectivity index (χ3n) is 8.51. The summed E-state index contributed by atoms with van der Waals surface area (Å²) in [5.74, 6) is -3.14. The van der Waals surface area contributed by atoms with E-state index in [1.165, 1.54) is 35.2 Å². The second kappa shape index (κ2) is 12.0. The zero-order valence-corrected chi connectivity index (χ0v) is 25.0. The van der Waals surface area contributed by atoms with E-state index in [1.807, 2.05) is 0 Å². The topological polar surface area (TPSA) is 120 Å². The number of rotatable bonds is 8. The van der Waals surface area contributed by atoms with Gasteiger partial charge in [0, 0.05) is 23.6 Å². The molecule has 0 saturated heterocycles. The molecule has 2 atom stereocenters. The highest BCUT2D eigenvalue weighted by Gasteiger charge is 2.51. The molecule has 2 aliphatic rings. The van der Waals surface area contributed by atoms with Gasteiger partial charge in [-0.15, -0.1) is 0 Å². The van der Waals surface area contributed by atoms with Gasteiger partial charge in [0.25, 0.3) is 11.8 Å². The summed E-state index contributed by atoms with van der Waals surface area (Å²) in [6.45, 7) is 1.71. The third kappa shape index (κ3) is 5.82. The smallest absolute Gasteiger partial charge is 0.349 e. The standard InChI is InChI=1S/C34H28F4N6O3/c1-2-43-30-27(25(18-40-32(47)33(19-39)15-16-33)42-44(30)24-9-4-3-5-10-24)26(20-11-13-23(35)14-12-20)28(31(43)46)41-29(45)21-7-6-8-22(17-21)34(36,37)38/h3-14,17,26,28H,2,15-16,18H2,1H3,(H,40,47)(H,41,45)/t26-,28-/m0/s1. The van der Waals surface area contributed by atoms with Gasteiger partial charge in [0.1, 0.15) is 23.1 Å². The maximum Gasteiger partial charge on any atom is 0.416 e. The van der Waals surface area contributed by atoms with Gasteiger partial charge in [0.2, 0.25) is 5.91 Å². The van der Waals surface area contributed by atoms with Gasteiger partial charge in [-0.1, -0.05) is 36.4 Å². The van der Waals surface area contributed by atoms with Crippen LogP contribution in [0, 0.1) is 22.6 Å². The first-order valence-electron chi connectivity index (χ1n) is 14.9. The molecule has 1 fully saturated rings. The van der Waals surface area contributed by atoms with Crippen LogP contribution in [-0.4, -0.2) is 40.1 Å². The number of anilines is 1. The van der Waals surface area contributed by atoms with Crippen LogP contribution < -0.4 is 15.5 Å². The highest BCUT2D eigenvalue weighted by Crippen LogP contribution is 2.46. The maximum atomic E-state index is 14.3. The molecule has 3 amide bonds. The van der Waals surface area contributed by atoms with E-state index in [0.29, 0.717) is 47.2 Å². The second-order valence-electron chi connectivity index (χ2n) is 11.4. The van der Waals surface area contributed by atoms with Crippen molar-refractivity contribution in [2.45, 2.75) is 44.4 Å². The Kier molecular flexibility index (Phi) is 8.05. The SMILES string of the molecule is CCN1C(=O)[C@@H](NC(=O)c2cccc(C(F)(F)F)c2)[C@@H](c2ccc(F)cc2)c2c(CNC(=O)C3(C#N)CC3)nn(-c3ccccc3)c21. The predicted octanol–water partition coefficient (Wildman–Crippen LogP) is 5.25. The van der Waals surface area contributed by atoms with Gasteiger partial charge in [-0.05, 0) is 67.8 Å². The number of hydrogen-bond donors (Lipinski definition) is 2. The maximum absolute atomic E-state index is 14.3. The molecule has 240 valence electrons. The molecule has 0 bridgehead atoms. The fourth-order valence-electron chi connectivity index (χ4n) is 5.89. The number of amides is 3. The number of fused-ring (bicyclic) bond motifs is 1. The quantitative estimate of drug-likeness (QED) is 0.254. The van der Waals surface area contributed by atoms with E-state index in [1.54, 1.807) is 41.9 Å².